The highest BCUT2D eigenvalue weighted by molar-refractivity contribution is 8.00. The molecule has 30 heavy (non-hydrogen) atoms. The number of thioether (sulfide) groups is 1. The third kappa shape index (κ3) is 4.34. The SMILES string of the molecule is CO[C@H]1C(=O)N2C(C(=O)N3CCC[C@H]3C(=O)OC(C)(C)C)=C(COC(C)=O)CS[C@H]12. The van der Waals surface area contributed by atoms with Gasteiger partial charge in [0.15, 0.2) is 6.10 Å². The molecule has 2 fully saturated rings. The van der Waals surface area contributed by atoms with Crippen LogP contribution in [-0.4, -0.2) is 82.7 Å². The minimum absolute atomic E-state index is 0.0809. The normalized spacial score (nSPS) is 26.3. The van der Waals surface area contributed by atoms with Crippen molar-refractivity contribution >= 4 is 35.5 Å². The van der Waals surface area contributed by atoms with E-state index < -0.39 is 35.6 Å². The highest BCUT2D eigenvalue weighted by Gasteiger charge is 2.55. The molecule has 0 aromatic carbocycles. The van der Waals surface area contributed by atoms with E-state index in [0.29, 0.717) is 30.7 Å². The summed E-state index contributed by atoms with van der Waals surface area (Å²) >= 11 is 1.46. The van der Waals surface area contributed by atoms with Gasteiger partial charge in [0.2, 0.25) is 0 Å². The average molecular weight is 441 g/mol. The van der Waals surface area contributed by atoms with Crippen molar-refractivity contribution in [2.45, 2.75) is 63.7 Å². The number of methoxy groups -OCH3 is 1. The summed E-state index contributed by atoms with van der Waals surface area (Å²) in [4.78, 5) is 53.0. The predicted molar refractivity (Wildman–Crippen MR) is 108 cm³/mol. The lowest BCUT2D eigenvalue weighted by Crippen LogP contribution is -2.66. The molecule has 3 rings (SSSR count). The van der Waals surface area contributed by atoms with Crippen LogP contribution >= 0.6 is 11.8 Å². The Morgan fingerprint density at radius 3 is 2.53 bits per heavy atom. The van der Waals surface area contributed by atoms with Crippen LogP contribution in [0.2, 0.25) is 0 Å². The van der Waals surface area contributed by atoms with Crippen LogP contribution in [0.25, 0.3) is 0 Å². The third-order valence-corrected chi connectivity index (χ3v) is 6.41. The molecule has 3 atom stereocenters. The molecule has 0 aromatic rings. The molecule has 0 saturated carbocycles. The van der Waals surface area contributed by atoms with Gasteiger partial charge in [-0.05, 0) is 33.6 Å². The van der Waals surface area contributed by atoms with Crippen molar-refractivity contribution in [3.8, 4) is 0 Å². The number of hydrogen-bond donors (Lipinski definition) is 0. The van der Waals surface area contributed by atoms with Gasteiger partial charge in [0.1, 0.15) is 29.3 Å². The fourth-order valence-corrected chi connectivity index (χ4v) is 5.15. The number of carbonyl (C=O) groups excluding carboxylic acids is 4. The van der Waals surface area contributed by atoms with E-state index in [0.717, 1.165) is 0 Å². The van der Waals surface area contributed by atoms with Gasteiger partial charge in [-0.1, -0.05) is 0 Å². The topological polar surface area (TPSA) is 102 Å². The van der Waals surface area contributed by atoms with Crippen molar-refractivity contribution < 1.29 is 33.4 Å². The summed E-state index contributed by atoms with van der Waals surface area (Å²) < 4.78 is 15.9. The van der Waals surface area contributed by atoms with Crippen LogP contribution in [0, 0.1) is 0 Å². The number of fused-ring (bicyclic) bond motifs is 1. The Labute approximate surface area is 180 Å². The molecule has 0 bridgehead atoms. The van der Waals surface area contributed by atoms with Crippen molar-refractivity contribution in [3.63, 3.8) is 0 Å². The van der Waals surface area contributed by atoms with Crippen LogP contribution in [-0.2, 0) is 33.4 Å². The molecule has 2 amide bonds. The largest absolute Gasteiger partial charge is 0.461 e. The van der Waals surface area contributed by atoms with E-state index in [4.69, 9.17) is 14.2 Å². The van der Waals surface area contributed by atoms with E-state index in [2.05, 4.69) is 0 Å². The lowest BCUT2D eigenvalue weighted by Gasteiger charge is -2.49. The van der Waals surface area contributed by atoms with Gasteiger partial charge in [0.05, 0.1) is 0 Å². The van der Waals surface area contributed by atoms with Crippen molar-refractivity contribution in [3.05, 3.63) is 11.3 Å². The molecule has 0 aliphatic carbocycles. The number of carbonyl (C=O) groups is 4. The maximum absolute atomic E-state index is 13.5. The van der Waals surface area contributed by atoms with E-state index in [9.17, 15) is 19.2 Å². The molecule has 0 unspecified atom stereocenters. The summed E-state index contributed by atoms with van der Waals surface area (Å²) in [5.41, 5.74) is 0.0720. The molecule has 3 heterocycles. The van der Waals surface area contributed by atoms with E-state index in [1.165, 1.54) is 35.6 Å². The van der Waals surface area contributed by atoms with Crippen molar-refractivity contribution in [1.29, 1.82) is 0 Å². The minimum Gasteiger partial charge on any atom is -0.461 e. The van der Waals surface area contributed by atoms with Gasteiger partial charge in [-0.15, -0.1) is 11.8 Å². The average Bonchev–Trinajstić information content (AvgIpc) is 3.14. The van der Waals surface area contributed by atoms with Crippen LogP contribution in [0.3, 0.4) is 0 Å². The van der Waals surface area contributed by atoms with Crippen LogP contribution in [0.1, 0.15) is 40.5 Å². The van der Waals surface area contributed by atoms with Crippen molar-refractivity contribution in [2.75, 3.05) is 26.0 Å². The van der Waals surface area contributed by atoms with Crippen molar-refractivity contribution in [1.82, 2.24) is 9.80 Å². The Bertz CT molecular complexity index is 789. The number of amides is 2. The van der Waals surface area contributed by atoms with E-state index in [1.807, 2.05) is 0 Å². The van der Waals surface area contributed by atoms with Crippen LogP contribution in [0.15, 0.2) is 11.3 Å². The summed E-state index contributed by atoms with van der Waals surface area (Å²) in [6.07, 6.45) is 0.544. The summed E-state index contributed by atoms with van der Waals surface area (Å²) in [5.74, 6) is -1.24. The minimum atomic E-state index is -0.707. The summed E-state index contributed by atoms with van der Waals surface area (Å²) in [7, 11) is 1.46. The second-order valence-electron chi connectivity index (χ2n) is 8.49. The number of likely N-dealkylation sites (tertiary alicyclic amines) is 1. The lowest BCUT2D eigenvalue weighted by molar-refractivity contribution is -0.165. The van der Waals surface area contributed by atoms with Gasteiger partial charge >= 0.3 is 11.9 Å². The zero-order chi connectivity index (χ0) is 22.2. The number of ether oxygens (including phenoxy) is 3. The van der Waals surface area contributed by atoms with E-state index in [-0.39, 0.29) is 23.6 Å². The van der Waals surface area contributed by atoms with Crippen molar-refractivity contribution in [2.24, 2.45) is 0 Å². The molecule has 166 valence electrons. The first-order valence-electron chi connectivity index (χ1n) is 9.92. The lowest BCUT2D eigenvalue weighted by atomic mass is 10.0. The maximum Gasteiger partial charge on any atom is 0.329 e. The van der Waals surface area contributed by atoms with E-state index in [1.54, 1.807) is 20.8 Å². The smallest absolute Gasteiger partial charge is 0.329 e. The number of nitrogens with zero attached hydrogens (tertiary/aromatic N) is 2. The molecular weight excluding hydrogens is 412 g/mol. The van der Waals surface area contributed by atoms with Gasteiger partial charge in [-0.25, -0.2) is 4.79 Å². The Balaban J connectivity index is 1.89. The molecule has 2 saturated heterocycles. The Kier molecular flexibility index (Phi) is 6.47. The fraction of sp³-hybridized carbons (Fsp3) is 0.700. The van der Waals surface area contributed by atoms with Gasteiger partial charge in [-0.2, -0.15) is 0 Å². The first kappa shape index (κ1) is 22.6. The van der Waals surface area contributed by atoms with Gasteiger partial charge < -0.3 is 19.1 Å². The predicted octanol–water partition coefficient (Wildman–Crippen LogP) is 1.07. The second-order valence-corrected chi connectivity index (χ2v) is 9.59. The first-order valence-corrected chi connectivity index (χ1v) is 11.0. The molecule has 3 aliphatic rings. The van der Waals surface area contributed by atoms with Crippen LogP contribution < -0.4 is 0 Å². The Hall–Kier alpha value is -2.07. The Morgan fingerprint density at radius 1 is 1.23 bits per heavy atom. The molecule has 0 spiro atoms. The molecule has 10 heteroatoms. The zero-order valence-electron chi connectivity index (χ0n) is 17.9. The molecule has 9 nitrogen and oxygen atoms in total. The third-order valence-electron chi connectivity index (χ3n) is 5.10. The highest BCUT2D eigenvalue weighted by Crippen LogP contribution is 2.42. The monoisotopic (exact) mass is 440 g/mol. The fourth-order valence-electron chi connectivity index (χ4n) is 3.79. The van der Waals surface area contributed by atoms with Gasteiger partial charge in [-0.3, -0.25) is 19.3 Å². The van der Waals surface area contributed by atoms with Gasteiger partial charge in [0.25, 0.3) is 11.8 Å². The number of β-lactam (4-membered cyclic amide) rings is 1. The molecule has 3 aliphatic heterocycles. The van der Waals surface area contributed by atoms with Crippen LogP contribution in [0.4, 0.5) is 0 Å². The summed E-state index contributed by atoms with van der Waals surface area (Å²) in [6.45, 7) is 6.92. The summed E-state index contributed by atoms with van der Waals surface area (Å²) in [5, 5.41) is -0.315. The standard InChI is InChI=1S/C20H28N2O7S/c1-11(23)28-9-12-10-30-18-15(27-5)17(25)22(18)14(12)16(24)21-8-6-7-13(21)19(26)29-20(2,3)4/h13,15,18H,6-10H2,1-5H3/t13-,15-,18+/m0/s1. The summed E-state index contributed by atoms with van der Waals surface area (Å²) in [6, 6.07) is -0.707. The zero-order valence-corrected chi connectivity index (χ0v) is 18.7. The first-order chi connectivity index (χ1) is 14.0. The number of rotatable bonds is 5. The van der Waals surface area contributed by atoms with Gasteiger partial charge in [0, 0.05) is 31.9 Å². The number of hydrogen-bond acceptors (Lipinski definition) is 8. The van der Waals surface area contributed by atoms with Crippen LogP contribution in [0.5, 0.6) is 0 Å². The molecule has 0 radical (unpaired) electrons. The quantitative estimate of drug-likeness (QED) is 0.462. The number of esters is 2. The molecule has 0 aromatic heterocycles. The molecule has 0 N–H and O–H groups in total. The maximum atomic E-state index is 13.5. The Morgan fingerprint density at radius 2 is 1.93 bits per heavy atom. The van der Waals surface area contributed by atoms with E-state index >= 15 is 0 Å². The molecular formula is C20H28N2O7S. The highest BCUT2D eigenvalue weighted by atomic mass is 32.2. The second kappa shape index (κ2) is 8.58.